The summed E-state index contributed by atoms with van der Waals surface area (Å²) in [5.74, 6) is -1.33. The standard InChI is InChI=1S/C19H24N2O4S/c1-9-6-13(7-10(2)20(9)5)8-26-17-11(3)15-14(12(4)22)18(23)21(15)16(17)19(24)25/h6-7,11-12,14-15,22H,8H2,1-5H3/p+1/t11-,12-,14-,15+/m1/s1. The molecular formula is C19H25N2O4S+. The number of aryl methyl sites for hydroxylation is 2. The number of aliphatic hydroxyl groups excluding tert-OH is 1. The second kappa shape index (κ2) is 6.70. The van der Waals surface area contributed by atoms with Crippen molar-refractivity contribution >= 4 is 23.6 Å². The van der Waals surface area contributed by atoms with Gasteiger partial charge in [-0.15, -0.1) is 11.8 Å². The zero-order valence-electron chi connectivity index (χ0n) is 15.7. The Labute approximate surface area is 157 Å². The number of carboxylic acids is 1. The number of amides is 1. The third-order valence-corrected chi connectivity index (χ3v) is 6.91. The van der Waals surface area contributed by atoms with Gasteiger partial charge in [-0.25, -0.2) is 9.36 Å². The van der Waals surface area contributed by atoms with Crippen LogP contribution >= 0.6 is 11.8 Å². The molecule has 2 aliphatic heterocycles. The molecule has 1 aromatic heterocycles. The van der Waals surface area contributed by atoms with E-state index < -0.39 is 18.0 Å². The van der Waals surface area contributed by atoms with Crippen molar-refractivity contribution in [2.45, 2.75) is 45.6 Å². The van der Waals surface area contributed by atoms with E-state index in [1.807, 2.05) is 27.8 Å². The molecule has 0 spiro atoms. The van der Waals surface area contributed by atoms with Gasteiger partial charge in [0, 0.05) is 42.6 Å². The molecule has 3 rings (SSSR count). The Balaban J connectivity index is 1.87. The number of fused-ring (bicyclic) bond motifs is 1. The SMILES string of the molecule is Cc1cc(CSC2=C(C(=O)O)N3C(=O)[C@H]([C@@H](C)O)[C@@H]3[C@H]2C)cc(C)[n+]1C. The summed E-state index contributed by atoms with van der Waals surface area (Å²) in [6, 6.07) is 3.94. The molecule has 0 saturated carbocycles. The van der Waals surface area contributed by atoms with Gasteiger partial charge in [0.05, 0.1) is 18.1 Å². The minimum Gasteiger partial charge on any atom is -0.477 e. The summed E-state index contributed by atoms with van der Waals surface area (Å²) < 4.78 is 2.10. The number of hydrogen-bond donors (Lipinski definition) is 2. The fraction of sp³-hybridized carbons (Fsp3) is 0.526. The topological polar surface area (TPSA) is 81.7 Å². The summed E-state index contributed by atoms with van der Waals surface area (Å²) in [6.45, 7) is 7.62. The van der Waals surface area contributed by atoms with Crippen molar-refractivity contribution in [2.75, 3.05) is 0 Å². The van der Waals surface area contributed by atoms with Crippen molar-refractivity contribution in [1.29, 1.82) is 0 Å². The van der Waals surface area contributed by atoms with Crippen LogP contribution in [0, 0.1) is 25.7 Å². The Morgan fingerprint density at radius 2 is 1.92 bits per heavy atom. The zero-order valence-corrected chi connectivity index (χ0v) is 16.5. The van der Waals surface area contributed by atoms with Crippen LogP contribution in [0.4, 0.5) is 0 Å². The molecule has 4 atom stereocenters. The Bertz CT molecular complexity index is 795. The molecule has 0 aliphatic carbocycles. The Morgan fingerprint density at radius 1 is 1.35 bits per heavy atom. The lowest BCUT2D eigenvalue weighted by Crippen LogP contribution is -2.63. The summed E-state index contributed by atoms with van der Waals surface area (Å²) in [6.07, 6.45) is -0.773. The first-order chi connectivity index (χ1) is 12.1. The van der Waals surface area contributed by atoms with Crippen LogP contribution in [0.2, 0.25) is 0 Å². The number of rotatable bonds is 5. The number of hydrogen-bond acceptors (Lipinski definition) is 4. The van der Waals surface area contributed by atoms with Crippen LogP contribution in [0.25, 0.3) is 0 Å². The molecule has 0 bridgehead atoms. The zero-order chi connectivity index (χ0) is 19.3. The molecular weight excluding hydrogens is 352 g/mol. The summed E-state index contributed by atoms with van der Waals surface area (Å²) in [7, 11) is 2.01. The third kappa shape index (κ3) is 2.83. The van der Waals surface area contributed by atoms with Crippen molar-refractivity contribution in [3.05, 3.63) is 39.7 Å². The first-order valence-electron chi connectivity index (χ1n) is 8.72. The third-order valence-electron chi connectivity index (χ3n) is 5.55. The molecule has 26 heavy (non-hydrogen) atoms. The maximum absolute atomic E-state index is 12.3. The molecule has 1 saturated heterocycles. The van der Waals surface area contributed by atoms with Crippen molar-refractivity contribution in [3.8, 4) is 0 Å². The van der Waals surface area contributed by atoms with Crippen LogP contribution in [-0.2, 0) is 22.4 Å². The minimum atomic E-state index is -1.08. The van der Waals surface area contributed by atoms with Gasteiger partial charge in [0.15, 0.2) is 11.4 Å². The highest BCUT2D eigenvalue weighted by atomic mass is 32.2. The van der Waals surface area contributed by atoms with E-state index in [0.717, 1.165) is 21.9 Å². The van der Waals surface area contributed by atoms with Gasteiger partial charge >= 0.3 is 5.97 Å². The van der Waals surface area contributed by atoms with E-state index in [2.05, 4.69) is 16.7 Å². The van der Waals surface area contributed by atoms with Crippen LogP contribution < -0.4 is 4.57 Å². The Morgan fingerprint density at radius 3 is 2.42 bits per heavy atom. The molecule has 1 fully saturated rings. The lowest BCUT2D eigenvalue weighted by Gasteiger charge is -2.46. The van der Waals surface area contributed by atoms with E-state index in [0.29, 0.717) is 5.75 Å². The maximum atomic E-state index is 12.3. The minimum absolute atomic E-state index is 0.0873. The normalized spacial score (nSPS) is 26.0. The van der Waals surface area contributed by atoms with Gasteiger partial charge in [-0.1, -0.05) is 6.92 Å². The number of aromatic nitrogens is 1. The Hall–Kier alpha value is -1.86. The number of aliphatic hydroxyl groups is 1. The van der Waals surface area contributed by atoms with Gasteiger partial charge in [-0.05, 0) is 12.5 Å². The quantitative estimate of drug-likeness (QED) is 0.601. The lowest BCUT2D eigenvalue weighted by atomic mass is 9.79. The summed E-state index contributed by atoms with van der Waals surface area (Å²) in [5, 5.41) is 19.5. The number of aliphatic carboxylic acids is 1. The Kier molecular flexibility index (Phi) is 4.88. The molecule has 3 heterocycles. The van der Waals surface area contributed by atoms with Gasteiger partial charge in [0.1, 0.15) is 12.7 Å². The molecule has 1 amide bonds. The molecule has 140 valence electrons. The smallest absolute Gasteiger partial charge is 0.353 e. The fourth-order valence-electron chi connectivity index (χ4n) is 4.01. The van der Waals surface area contributed by atoms with Gasteiger partial charge in [-0.3, -0.25) is 4.79 Å². The van der Waals surface area contributed by atoms with Crippen molar-refractivity contribution in [1.82, 2.24) is 4.90 Å². The van der Waals surface area contributed by atoms with Gasteiger partial charge < -0.3 is 15.1 Å². The monoisotopic (exact) mass is 377 g/mol. The predicted molar refractivity (Wildman–Crippen MR) is 98.0 cm³/mol. The number of carbonyl (C=O) groups is 2. The van der Waals surface area contributed by atoms with Crippen LogP contribution in [0.5, 0.6) is 0 Å². The van der Waals surface area contributed by atoms with Crippen LogP contribution in [-0.4, -0.2) is 39.1 Å². The molecule has 1 aromatic rings. The van der Waals surface area contributed by atoms with Gasteiger partial charge in [-0.2, -0.15) is 0 Å². The first-order valence-corrected chi connectivity index (χ1v) is 9.71. The van der Waals surface area contributed by atoms with Gasteiger partial charge in [0.25, 0.3) is 0 Å². The van der Waals surface area contributed by atoms with Crippen molar-refractivity contribution in [2.24, 2.45) is 18.9 Å². The number of pyridine rings is 1. The van der Waals surface area contributed by atoms with Crippen molar-refractivity contribution in [3.63, 3.8) is 0 Å². The van der Waals surface area contributed by atoms with Crippen molar-refractivity contribution < 1.29 is 24.4 Å². The van der Waals surface area contributed by atoms with Crippen LogP contribution in [0.15, 0.2) is 22.7 Å². The average Bonchev–Trinajstić information content (AvgIpc) is 2.79. The molecule has 0 unspecified atom stereocenters. The molecule has 0 radical (unpaired) electrons. The van der Waals surface area contributed by atoms with E-state index in [4.69, 9.17) is 0 Å². The summed E-state index contributed by atoms with van der Waals surface area (Å²) >= 11 is 1.48. The second-order valence-corrected chi connectivity index (χ2v) is 8.28. The van der Waals surface area contributed by atoms with Crippen LogP contribution in [0.3, 0.4) is 0 Å². The number of β-lactam (4-membered cyclic amide) rings is 1. The van der Waals surface area contributed by atoms with Gasteiger partial charge in [0.2, 0.25) is 5.91 Å². The average molecular weight is 377 g/mol. The largest absolute Gasteiger partial charge is 0.477 e. The second-order valence-electron chi connectivity index (χ2n) is 7.27. The summed E-state index contributed by atoms with van der Waals surface area (Å²) in [5.41, 5.74) is 3.49. The molecule has 6 nitrogen and oxygen atoms in total. The number of thioether (sulfide) groups is 1. The molecule has 0 aromatic carbocycles. The molecule has 2 N–H and O–H groups in total. The molecule has 7 heteroatoms. The predicted octanol–water partition coefficient (Wildman–Crippen LogP) is 1.51. The number of carbonyl (C=O) groups excluding carboxylic acids is 1. The van der Waals surface area contributed by atoms with E-state index >= 15 is 0 Å². The highest BCUT2D eigenvalue weighted by Gasteiger charge is 2.59. The molecule has 2 aliphatic rings. The number of carboxylic acid groups (broad SMARTS) is 1. The maximum Gasteiger partial charge on any atom is 0.353 e. The van der Waals surface area contributed by atoms with E-state index in [1.54, 1.807) is 6.92 Å². The highest BCUT2D eigenvalue weighted by Crippen LogP contribution is 2.50. The fourth-order valence-corrected chi connectivity index (χ4v) is 5.22. The highest BCUT2D eigenvalue weighted by molar-refractivity contribution is 8.02. The first kappa shape index (κ1) is 18.9. The lowest BCUT2D eigenvalue weighted by molar-refractivity contribution is -0.683. The van der Waals surface area contributed by atoms with E-state index in [9.17, 15) is 19.8 Å². The summed E-state index contributed by atoms with van der Waals surface area (Å²) in [4.78, 5) is 26.2. The van der Waals surface area contributed by atoms with E-state index in [-0.39, 0.29) is 23.6 Å². The number of nitrogens with zero attached hydrogens (tertiary/aromatic N) is 2. The van der Waals surface area contributed by atoms with E-state index in [1.165, 1.54) is 16.7 Å². The van der Waals surface area contributed by atoms with Crippen LogP contribution in [0.1, 0.15) is 30.8 Å².